The van der Waals surface area contributed by atoms with Crippen LogP contribution in [0.1, 0.15) is 11.4 Å². The van der Waals surface area contributed by atoms with Gasteiger partial charge in [0.25, 0.3) is 0 Å². The third kappa shape index (κ3) is 2.13. The van der Waals surface area contributed by atoms with Crippen molar-refractivity contribution < 1.29 is 0 Å². The van der Waals surface area contributed by atoms with Gasteiger partial charge in [0.2, 0.25) is 0 Å². The second-order valence-corrected chi connectivity index (χ2v) is 3.44. The Kier molecular flexibility index (Phi) is 2.63. The minimum atomic E-state index is 0.859. The van der Waals surface area contributed by atoms with Gasteiger partial charge in [-0.3, -0.25) is 4.99 Å². The van der Waals surface area contributed by atoms with Crippen LogP contribution in [0.3, 0.4) is 0 Å². The Morgan fingerprint density at radius 1 is 1.33 bits per heavy atom. The summed E-state index contributed by atoms with van der Waals surface area (Å²) in [5.41, 5.74) is 2.16. The Balaban J connectivity index is 2.26. The van der Waals surface area contributed by atoms with E-state index in [0.717, 1.165) is 11.5 Å². The van der Waals surface area contributed by atoms with Crippen LogP contribution >= 0.6 is 0 Å². The summed E-state index contributed by atoms with van der Waals surface area (Å²) < 4.78 is 1.93. The van der Waals surface area contributed by atoms with Crippen LogP contribution in [0.25, 0.3) is 0 Å². The number of aliphatic imine (C=N–C) groups is 1. The molecule has 0 radical (unpaired) electrons. The predicted molar refractivity (Wildman–Crippen MR) is 61.6 cm³/mol. The highest BCUT2D eigenvalue weighted by atomic mass is 15.0. The van der Waals surface area contributed by atoms with Crippen LogP contribution in [0.5, 0.6) is 0 Å². The van der Waals surface area contributed by atoms with Crippen LogP contribution in [0.15, 0.2) is 41.7 Å². The lowest BCUT2D eigenvalue weighted by Crippen LogP contribution is -1.94. The van der Waals surface area contributed by atoms with Gasteiger partial charge in [0.1, 0.15) is 0 Å². The molecule has 0 N–H and O–H groups in total. The lowest BCUT2D eigenvalue weighted by atomic mass is 10.2. The summed E-state index contributed by atoms with van der Waals surface area (Å²) in [5, 5.41) is 0. The van der Waals surface area contributed by atoms with Crippen molar-refractivity contribution in [2.24, 2.45) is 12.0 Å². The maximum absolute atomic E-state index is 4.40. The van der Waals surface area contributed by atoms with Gasteiger partial charge in [-0.05, 0) is 18.6 Å². The van der Waals surface area contributed by atoms with Crippen molar-refractivity contribution in [2.45, 2.75) is 6.92 Å². The Labute approximate surface area is 89.1 Å². The molecule has 3 nitrogen and oxygen atoms in total. The molecule has 1 aromatic carbocycles. The lowest BCUT2D eigenvalue weighted by molar-refractivity contribution is 0.902. The van der Waals surface area contributed by atoms with E-state index in [1.807, 2.05) is 49.0 Å². The zero-order valence-corrected chi connectivity index (χ0v) is 8.88. The van der Waals surface area contributed by atoms with Crippen molar-refractivity contribution in [3.05, 3.63) is 48.0 Å². The number of aromatic nitrogens is 2. The first-order chi connectivity index (χ1) is 7.27. The van der Waals surface area contributed by atoms with Crippen LogP contribution in [0.2, 0.25) is 0 Å². The van der Waals surface area contributed by atoms with Crippen molar-refractivity contribution in [1.82, 2.24) is 9.55 Å². The monoisotopic (exact) mass is 199 g/mol. The van der Waals surface area contributed by atoms with Crippen LogP contribution in [-0.4, -0.2) is 15.8 Å². The average molecular weight is 199 g/mol. The molecule has 2 aromatic rings. The highest BCUT2D eigenvalue weighted by molar-refractivity contribution is 5.78. The fraction of sp³-hybridized carbons (Fsp3) is 0.167. The SMILES string of the molecule is Cc1ccccc1N=Cc1nccn1C. The minimum absolute atomic E-state index is 0.859. The summed E-state index contributed by atoms with van der Waals surface area (Å²) in [4.78, 5) is 8.57. The third-order valence-electron chi connectivity index (χ3n) is 2.29. The van der Waals surface area contributed by atoms with Gasteiger partial charge in [0, 0.05) is 19.4 Å². The van der Waals surface area contributed by atoms with E-state index < -0.39 is 0 Å². The summed E-state index contributed by atoms with van der Waals surface area (Å²) in [6, 6.07) is 8.03. The molecule has 0 amide bonds. The number of imidazole rings is 1. The van der Waals surface area contributed by atoms with E-state index in [0.29, 0.717) is 0 Å². The van der Waals surface area contributed by atoms with Crippen molar-refractivity contribution in [3.8, 4) is 0 Å². The number of rotatable bonds is 2. The topological polar surface area (TPSA) is 30.2 Å². The first-order valence-corrected chi connectivity index (χ1v) is 4.84. The summed E-state index contributed by atoms with van der Waals surface area (Å²) >= 11 is 0. The van der Waals surface area contributed by atoms with Gasteiger partial charge in [-0.2, -0.15) is 0 Å². The van der Waals surface area contributed by atoms with Gasteiger partial charge in [0.15, 0.2) is 5.82 Å². The van der Waals surface area contributed by atoms with Gasteiger partial charge in [-0.25, -0.2) is 4.98 Å². The summed E-state index contributed by atoms with van der Waals surface area (Å²) in [6.07, 6.45) is 5.45. The highest BCUT2D eigenvalue weighted by Gasteiger charge is 1.95. The molecule has 0 bridgehead atoms. The Hall–Kier alpha value is -1.90. The maximum atomic E-state index is 4.40. The molecule has 0 saturated carbocycles. The molecule has 0 fully saturated rings. The molecule has 0 spiro atoms. The molecule has 1 heterocycles. The highest BCUT2D eigenvalue weighted by Crippen LogP contribution is 2.16. The molecule has 0 unspecified atom stereocenters. The summed E-state index contributed by atoms with van der Waals surface area (Å²) in [5.74, 6) is 0.859. The Morgan fingerprint density at radius 3 is 2.80 bits per heavy atom. The van der Waals surface area contributed by atoms with Gasteiger partial charge in [0.05, 0.1) is 11.9 Å². The van der Waals surface area contributed by atoms with Crippen LogP contribution < -0.4 is 0 Å². The van der Waals surface area contributed by atoms with Crippen LogP contribution in [0, 0.1) is 6.92 Å². The molecule has 0 saturated heterocycles. The number of nitrogens with zero attached hydrogens (tertiary/aromatic N) is 3. The smallest absolute Gasteiger partial charge is 0.150 e. The number of benzene rings is 1. The van der Waals surface area contributed by atoms with Gasteiger partial charge >= 0.3 is 0 Å². The number of hydrogen-bond acceptors (Lipinski definition) is 2. The molecular weight excluding hydrogens is 186 g/mol. The lowest BCUT2D eigenvalue weighted by Gasteiger charge is -1.98. The van der Waals surface area contributed by atoms with Crippen molar-refractivity contribution >= 4 is 11.9 Å². The van der Waals surface area contributed by atoms with E-state index in [9.17, 15) is 0 Å². The van der Waals surface area contributed by atoms with Crippen molar-refractivity contribution in [2.75, 3.05) is 0 Å². The average Bonchev–Trinajstić information content (AvgIpc) is 2.63. The fourth-order valence-corrected chi connectivity index (χ4v) is 1.34. The van der Waals surface area contributed by atoms with E-state index in [2.05, 4.69) is 9.98 Å². The standard InChI is InChI=1S/C12H13N3/c1-10-5-3-4-6-11(10)14-9-12-13-7-8-15(12)2/h3-9H,1-2H3. The zero-order chi connectivity index (χ0) is 10.7. The summed E-state index contributed by atoms with van der Waals surface area (Å²) in [7, 11) is 1.95. The molecule has 0 aliphatic carbocycles. The van der Waals surface area contributed by atoms with E-state index in [1.165, 1.54) is 5.56 Å². The molecular formula is C12H13N3. The molecule has 15 heavy (non-hydrogen) atoms. The van der Waals surface area contributed by atoms with E-state index in [4.69, 9.17) is 0 Å². The first kappa shape index (κ1) is 9.65. The van der Waals surface area contributed by atoms with Gasteiger partial charge in [-0.1, -0.05) is 18.2 Å². The largest absolute Gasteiger partial charge is 0.333 e. The van der Waals surface area contributed by atoms with Gasteiger partial charge < -0.3 is 4.57 Å². The molecule has 3 heteroatoms. The molecule has 1 aromatic heterocycles. The minimum Gasteiger partial charge on any atom is -0.333 e. The fourth-order valence-electron chi connectivity index (χ4n) is 1.34. The maximum Gasteiger partial charge on any atom is 0.150 e. The summed E-state index contributed by atoms with van der Waals surface area (Å²) in [6.45, 7) is 2.05. The van der Waals surface area contributed by atoms with Crippen molar-refractivity contribution in [1.29, 1.82) is 0 Å². The van der Waals surface area contributed by atoms with Gasteiger partial charge in [-0.15, -0.1) is 0 Å². The number of hydrogen-bond donors (Lipinski definition) is 0. The van der Waals surface area contributed by atoms with Crippen molar-refractivity contribution in [3.63, 3.8) is 0 Å². The van der Waals surface area contributed by atoms with E-state index in [-0.39, 0.29) is 0 Å². The first-order valence-electron chi connectivity index (χ1n) is 4.84. The molecule has 0 aliphatic rings. The molecule has 2 rings (SSSR count). The molecule has 0 aliphatic heterocycles. The molecule has 76 valence electrons. The molecule has 0 atom stereocenters. The normalized spacial score (nSPS) is 11.1. The van der Waals surface area contributed by atoms with Crippen LogP contribution in [0.4, 0.5) is 5.69 Å². The Bertz CT molecular complexity index is 483. The quantitative estimate of drug-likeness (QED) is 0.683. The number of aryl methyl sites for hydroxylation is 2. The number of para-hydroxylation sites is 1. The second kappa shape index (κ2) is 4.09. The predicted octanol–water partition coefficient (Wildman–Crippen LogP) is 2.48. The zero-order valence-electron chi connectivity index (χ0n) is 8.88. The van der Waals surface area contributed by atoms with Crippen LogP contribution in [-0.2, 0) is 7.05 Å². The van der Waals surface area contributed by atoms with E-state index >= 15 is 0 Å². The third-order valence-corrected chi connectivity index (χ3v) is 2.29. The van der Waals surface area contributed by atoms with E-state index in [1.54, 1.807) is 12.4 Å². The Morgan fingerprint density at radius 2 is 2.13 bits per heavy atom. The second-order valence-electron chi connectivity index (χ2n) is 3.44.